The standard InChI is InChI=1S/C13H13ClN2O/c14-8-12-15-16-13(17-12)11-6-5-9-3-1-2-4-10(9)7-11/h1-4,11H,5-8H2. The van der Waals surface area contributed by atoms with Crippen molar-refractivity contribution in [2.75, 3.05) is 0 Å². The van der Waals surface area contributed by atoms with Gasteiger partial charge in [0.2, 0.25) is 11.8 Å². The third-order valence-electron chi connectivity index (χ3n) is 3.29. The maximum Gasteiger partial charge on any atom is 0.231 e. The molecule has 0 radical (unpaired) electrons. The van der Waals surface area contributed by atoms with Gasteiger partial charge in [-0.1, -0.05) is 24.3 Å². The molecule has 0 saturated heterocycles. The summed E-state index contributed by atoms with van der Waals surface area (Å²) in [5.41, 5.74) is 2.84. The molecule has 1 aromatic carbocycles. The zero-order chi connectivity index (χ0) is 11.7. The van der Waals surface area contributed by atoms with E-state index in [1.54, 1.807) is 0 Å². The van der Waals surface area contributed by atoms with E-state index in [1.165, 1.54) is 11.1 Å². The summed E-state index contributed by atoms with van der Waals surface area (Å²) in [5.74, 6) is 1.88. The molecule has 0 amide bonds. The van der Waals surface area contributed by atoms with Crippen LogP contribution in [0.5, 0.6) is 0 Å². The molecule has 1 atom stereocenters. The lowest BCUT2D eigenvalue weighted by atomic mass is 9.84. The lowest BCUT2D eigenvalue weighted by molar-refractivity contribution is 0.402. The summed E-state index contributed by atoms with van der Waals surface area (Å²) in [6.45, 7) is 0. The first-order chi connectivity index (χ1) is 8.36. The monoisotopic (exact) mass is 248 g/mol. The van der Waals surface area contributed by atoms with Gasteiger partial charge in [-0.25, -0.2) is 0 Å². The predicted molar refractivity (Wildman–Crippen MR) is 65.1 cm³/mol. The molecule has 0 spiro atoms. The Morgan fingerprint density at radius 2 is 2.06 bits per heavy atom. The van der Waals surface area contributed by atoms with E-state index in [2.05, 4.69) is 34.5 Å². The maximum absolute atomic E-state index is 5.66. The van der Waals surface area contributed by atoms with Crippen LogP contribution in [-0.2, 0) is 18.7 Å². The van der Waals surface area contributed by atoms with Crippen LogP contribution in [0.3, 0.4) is 0 Å². The number of fused-ring (bicyclic) bond motifs is 1. The highest BCUT2D eigenvalue weighted by atomic mass is 35.5. The van der Waals surface area contributed by atoms with Gasteiger partial charge >= 0.3 is 0 Å². The Balaban J connectivity index is 1.84. The van der Waals surface area contributed by atoms with Crippen LogP contribution in [0.4, 0.5) is 0 Å². The van der Waals surface area contributed by atoms with Gasteiger partial charge < -0.3 is 4.42 Å². The van der Waals surface area contributed by atoms with Crippen molar-refractivity contribution in [2.45, 2.75) is 31.1 Å². The van der Waals surface area contributed by atoms with Crippen LogP contribution in [0.15, 0.2) is 28.7 Å². The molecule has 1 aliphatic carbocycles. The molecule has 1 aromatic heterocycles. The molecule has 1 heterocycles. The first-order valence-electron chi connectivity index (χ1n) is 5.82. The summed E-state index contributed by atoms with van der Waals surface area (Å²) >= 11 is 5.66. The Labute approximate surface area is 105 Å². The number of aromatic nitrogens is 2. The van der Waals surface area contributed by atoms with Crippen molar-refractivity contribution in [1.29, 1.82) is 0 Å². The molecule has 0 N–H and O–H groups in total. The zero-order valence-corrected chi connectivity index (χ0v) is 10.2. The molecule has 4 heteroatoms. The lowest BCUT2D eigenvalue weighted by Crippen LogP contribution is -2.12. The van der Waals surface area contributed by atoms with Gasteiger partial charge in [0.05, 0.1) is 0 Å². The van der Waals surface area contributed by atoms with Crippen LogP contribution in [0, 0.1) is 0 Å². The second-order valence-electron chi connectivity index (χ2n) is 4.38. The number of hydrogen-bond acceptors (Lipinski definition) is 3. The van der Waals surface area contributed by atoms with Crippen molar-refractivity contribution in [3.8, 4) is 0 Å². The van der Waals surface area contributed by atoms with Crippen LogP contribution in [0.2, 0.25) is 0 Å². The summed E-state index contributed by atoms with van der Waals surface area (Å²) in [6.07, 6.45) is 3.14. The first-order valence-corrected chi connectivity index (χ1v) is 6.35. The van der Waals surface area contributed by atoms with Crippen LogP contribution >= 0.6 is 11.6 Å². The van der Waals surface area contributed by atoms with Crippen LogP contribution in [0.1, 0.15) is 35.2 Å². The van der Waals surface area contributed by atoms with Gasteiger partial charge in [0.25, 0.3) is 0 Å². The summed E-state index contributed by atoms with van der Waals surface area (Å²) in [7, 11) is 0. The molecule has 0 fully saturated rings. The van der Waals surface area contributed by atoms with E-state index in [0.717, 1.165) is 25.2 Å². The van der Waals surface area contributed by atoms with Gasteiger partial charge in [-0.05, 0) is 30.4 Å². The zero-order valence-electron chi connectivity index (χ0n) is 9.40. The van der Waals surface area contributed by atoms with Crippen molar-refractivity contribution in [3.63, 3.8) is 0 Å². The second-order valence-corrected chi connectivity index (χ2v) is 4.64. The van der Waals surface area contributed by atoms with E-state index in [4.69, 9.17) is 16.0 Å². The van der Waals surface area contributed by atoms with Crippen LogP contribution in [-0.4, -0.2) is 10.2 Å². The normalized spacial score (nSPS) is 19.0. The molecule has 3 nitrogen and oxygen atoms in total. The summed E-state index contributed by atoms with van der Waals surface area (Å²) < 4.78 is 5.53. The Bertz CT molecular complexity index is 524. The highest BCUT2D eigenvalue weighted by molar-refractivity contribution is 6.16. The molecule has 88 valence electrons. The van der Waals surface area contributed by atoms with E-state index < -0.39 is 0 Å². The fraction of sp³-hybridized carbons (Fsp3) is 0.385. The molecule has 17 heavy (non-hydrogen) atoms. The quantitative estimate of drug-likeness (QED) is 0.767. The molecule has 2 aromatic rings. The fourth-order valence-electron chi connectivity index (χ4n) is 2.39. The number of alkyl halides is 1. The number of halogens is 1. The summed E-state index contributed by atoms with van der Waals surface area (Å²) in [6, 6.07) is 8.56. The molecule has 3 rings (SSSR count). The van der Waals surface area contributed by atoms with E-state index >= 15 is 0 Å². The largest absolute Gasteiger partial charge is 0.424 e. The van der Waals surface area contributed by atoms with Gasteiger partial charge in [0, 0.05) is 5.92 Å². The topological polar surface area (TPSA) is 38.9 Å². The van der Waals surface area contributed by atoms with Gasteiger partial charge in [-0.3, -0.25) is 0 Å². The number of benzene rings is 1. The minimum absolute atomic E-state index is 0.288. The van der Waals surface area contributed by atoms with Crippen LogP contribution in [0.25, 0.3) is 0 Å². The molecule has 0 bridgehead atoms. The molecule has 1 aliphatic rings. The highest BCUT2D eigenvalue weighted by Crippen LogP contribution is 2.31. The minimum atomic E-state index is 0.288. The smallest absolute Gasteiger partial charge is 0.231 e. The summed E-state index contributed by atoms with van der Waals surface area (Å²) in [5, 5.41) is 8.00. The third-order valence-corrected chi connectivity index (χ3v) is 3.52. The average Bonchev–Trinajstić information content (AvgIpc) is 2.87. The fourth-order valence-corrected chi connectivity index (χ4v) is 2.50. The van der Waals surface area contributed by atoms with Crippen molar-refractivity contribution in [1.82, 2.24) is 10.2 Å². The van der Waals surface area contributed by atoms with Gasteiger partial charge in [-0.15, -0.1) is 21.8 Å². The Kier molecular flexibility index (Phi) is 2.85. The van der Waals surface area contributed by atoms with Crippen molar-refractivity contribution in [3.05, 3.63) is 47.2 Å². The van der Waals surface area contributed by atoms with Gasteiger partial charge in [0.15, 0.2) is 0 Å². The molecule has 1 unspecified atom stereocenters. The number of rotatable bonds is 2. The second kappa shape index (κ2) is 4.49. The third kappa shape index (κ3) is 2.07. The van der Waals surface area contributed by atoms with Crippen molar-refractivity contribution in [2.24, 2.45) is 0 Å². The first kappa shape index (κ1) is 10.8. The number of hydrogen-bond donors (Lipinski definition) is 0. The minimum Gasteiger partial charge on any atom is -0.424 e. The lowest BCUT2D eigenvalue weighted by Gasteiger charge is -2.21. The van der Waals surface area contributed by atoms with E-state index in [-0.39, 0.29) is 5.88 Å². The molecular formula is C13H13ClN2O. The van der Waals surface area contributed by atoms with E-state index in [0.29, 0.717) is 11.8 Å². The van der Waals surface area contributed by atoms with Gasteiger partial charge in [-0.2, -0.15) is 0 Å². The van der Waals surface area contributed by atoms with Crippen molar-refractivity contribution < 1.29 is 4.42 Å². The summed E-state index contributed by atoms with van der Waals surface area (Å²) in [4.78, 5) is 0. The van der Waals surface area contributed by atoms with E-state index in [1.807, 2.05) is 0 Å². The maximum atomic E-state index is 5.66. The molecule has 0 saturated carbocycles. The van der Waals surface area contributed by atoms with Gasteiger partial charge in [0.1, 0.15) is 5.88 Å². The molecular weight excluding hydrogens is 236 g/mol. The number of nitrogens with zero attached hydrogens (tertiary/aromatic N) is 2. The Morgan fingerprint density at radius 3 is 2.82 bits per heavy atom. The van der Waals surface area contributed by atoms with Crippen LogP contribution < -0.4 is 0 Å². The predicted octanol–water partition coefficient (Wildman–Crippen LogP) is 3.08. The van der Waals surface area contributed by atoms with E-state index in [9.17, 15) is 0 Å². The van der Waals surface area contributed by atoms with Crippen molar-refractivity contribution >= 4 is 11.6 Å². The Hall–Kier alpha value is -1.35. The average molecular weight is 249 g/mol. The SMILES string of the molecule is ClCc1nnc(C2CCc3ccccc3C2)o1. The highest BCUT2D eigenvalue weighted by Gasteiger charge is 2.24. The Morgan fingerprint density at radius 1 is 1.24 bits per heavy atom. The molecule has 0 aliphatic heterocycles. The number of aryl methyl sites for hydroxylation is 1.